The Bertz CT molecular complexity index is 588. The van der Waals surface area contributed by atoms with E-state index in [-0.39, 0.29) is 0 Å². The largest absolute Gasteiger partial charge is 0.350 e. The summed E-state index contributed by atoms with van der Waals surface area (Å²) in [6, 6.07) is 7.28. The first-order valence-electron chi connectivity index (χ1n) is 7.10. The van der Waals surface area contributed by atoms with Crippen molar-refractivity contribution in [3.05, 3.63) is 34.4 Å². The molecule has 3 rings (SSSR count). The molecule has 0 aliphatic heterocycles. The maximum Gasteiger partial charge on any atom is 0.0481 e. The van der Waals surface area contributed by atoms with E-state index in [1.807, 2.05) is 0 Å². The van der Waals surface area contributed by atoms with Gasteiger partial charge in [-0.05, 0) is 56.0 Å². The highest BCUT2D eigenvalue weighted by molar-refractivity contribution is 9.10. The van der Waals surface area contributed by atoms with Crippen LogP contribution in [0.3, 0.4) is 0 Å². The number of nitrogens with zero attached hydrogens (tertiary/aromatic N) is 1. The molecule has 3 heteroatoms. The first-order chi connectivity index (χ1) is 9.19. The number of aromatic nitrogens is 1. The second-order valence-electron chi connectivity index (χ2n) is 5.72. The molecule has 2 aromatic rings. The lowest BCUT2D eigenvalue weighted by atomic mass is 9.94. The molecule has 0 bridgehead atoms. The van der Waals surface area contributed by atoms with Crippen LogP contribution in [-0.2, 0) is 13.5 Å². The van der Waals surface area contributed by atoms with Gasteiger partial charge in [-0.2, -0.15) is 0 Å². The second-order valence-corrected chi connectivity index (χ2v) is 6.63. The average Bonchev–Trinajstić information content (AvgIpc) is 2.95. The van der Waals surface area contributed by atoms with Crippen LogP contribution in [0.25, 0.3) is 10.9 Å². The van der Waals surface area contributed by atoms with Crippen molar-refractivity contribution in [3.63, 3.8) is 0 Å². The van der Waals surface area contributed by atoms with E-state index in [0.29, 0.717) is 6.04 Å². The highest BCUT2D eigenvalue weighted by Crippen LogP contribution is 2.32. The molecule has 1 N–H and O–H groups in total. The fraction of sp³-hybridized carbons (Fsp3) is 0.500. The Kier molecular flexibility index (Phi) is 3.68. The second kappa shape index (κ2) is 5.29. The highest BCUT2D eigenvalue weighted by atomic mass is 79.9. The number of hydrogen-bond donors (Lipinski definition) is 1. The van der Waals surface area contributed by atoms with Gasteiger partial charge in [0.15, 0.2) is 0 Å². The van der Waals surface area contributed by atoms with Gasteiger partial charge in [-0.1, -0.05) is 22.4 Å². The number of halogens is 1. The molecule has 1 aromatic carbocycles. The van der Waals surface area contributed by atoms with Gasteiger partial charge in [0.1, 0.15) is 0 Å². The van der Waals surface area contributed by atoms with Crippen molar-refractivity contribution in [2.24, 2.45) is 13.0 Å². The van der Waals surface area contributed by atoms with Crippen LogP contribution in [0.1, 0.15) is 24.8 Å². The van der Waals surface area contributed by atoms with Gasteiger partial charge in [-0.25, -0.2) is 0 Å². The van der Waals surface area contributed by atoms with Gasteiger partial charge in [0.2, 0.25) is 0 Å². The summed E-state index contributed by atoms with van der Waals surface area (Å²) in [7, 11) is 4.24. The summed E-state index contributed by atoms with van der Waals surface area (Å²) in [5.74, 6) is 0.787. The highest BCUT2D eigenvalue weighted by Gasteiger charge is 2.26. The van der Waals surface area contributed by atoms with E-state index in [9.17, 15) is 0 Å². The van der Waals surface area contributed by atoms with E-state index in [4.69, 9.17) is 0 Å². The van der Waals surface area contributed by atoms with Crippen molar-refractivity contribution in [3.8, 4) is 0 Å². The summed E-state index contributed by atoms with van der Waals surface area (Å²) >= 11 is 3.59. The predicted molar refractivity (Wildman–Crippen MR) is 84.5 cm³/mol. The summed E-state index contributed by atoms with van der Waals surface area (Å²) in [6.45, 7) is 0. The van der Waals surface area contributed by atoms with E-state index in [2.05, 4.69) is 64.3 Å². The molecule has 0 saturated heterocycles. The van der Waals surface area contributed by atoms with Gasteiger partial charge in [0, 0.05) is 34.7 Å². The van der Waals surface area contributed by atoms with Crippen molar-refractivity contribution in [2.45, 2.75) is 31.7 Å². The summed E-state index contributed by atoms with van der Waals surface area (Å²) in [5.41, 5.74) is 2.82. The summed E-state index contributed by atoms with van der Waals surface area (Å²) in [5, 5.41) is 4.89. The minimum absolute atomic E-state index is 0.697. The molecule has 2 atom stereocenters. The van der Waals surface area contributed by atoms with Crippen molar-refractivity contribution < 1.29 is 0 Å². The molecule has 1 heterocycles. The minimum Gasteiger partial charge on any atom is -0.350 e. The monoisotopic (exact) mass is 320 g/mol. The van der Waals surface area contributed by atoms with Crippen molar-refractivity contribution in [2.75, 3.05) is 7.05 Å². The first-order valence-corrected chi connectivity index (χ1v) is 7.89. The fourth-order valence-corrected chi connectivity index (χ4v) is 3.91. The topological polar surface area (TPSA) is 17.0 Å². The van der Waals surface area contributed by atoms with Gasteiger partial charge in [-0.15, -0.1) is 0 Å². The normalized spacial score (nSPS) is 23.3. The van der Waals surface area contributed by atoms with Gasteiger partial charge < -0.3 is 9.88 Å². The molecule has 1 fully saturated rings. The molecule has 0 spiro atoms. The standard InChI is InChI=1S/C16H21BrN2/c1-18-15-5-3-4-11(15)8-12-10-19(2)16-7-6-13(17)9-14(12)16/h6-7,9-11,15,18H,3-5,8H2,1-2H3. The lowest BCUT2D eigenvalue weighted by molar-refractivity contribution is 0.424. The maximum absolute atomic E-state index is 3.59. The van der Waals surface area contributed by atoms with E-state index in [1.54, 1.807) is 0 Å². The lowest BCUT2D eigenvalue weighted by Crippen LogP contribution is -2.29. The average molecular weight is 321 g/mol. The van der Waals surface area contributed by atoms with Crippen LogP contribution in [-0.4, -0.2) is 17.7 Å². The van der Waals surface area contributed by atoms with Crippen LogP contribution < -0.4 is 5.32 Å². The molecule has 1 saturated carbocycles. The Labute approximate surface area is 123 Å². The molecule has 19 heavy (non-hydrogen) atoms. The van der Waals surface area contributed by atoms with Gasteiger partial charge in [0.25, 0.3) is 0 Å². The van der Waals surface area contributed by atoms with Crippen LogP contribution >= 0.6 is 15.9 Å². The third-order valence-electron chi connectivity index (χ3n) is 4.55. The van der Waals surface area contributed by atoms with Gasteiger partial charge in [-0.3, -0.25) is 0 Å². The fourth-order valence-electron chi connectivity index (χ4n) is 3.55. The summed E-state index contributed by atoms with van der Waals surface area (Å²) < 4.78 is 3.42. The quantitative estimate of drug-likeness (QED) is 0.908. The third-order valence-corrected chi connectivity index (χ3v) is 5.04. The summed E-state index contributed by atoms with van der Waals surface area (Å²) in [6.07, 6.45) is 7.55. The SMILES string of the molecule is CNC1CCCC1Cc1cn(C)c2ccc(Br)cc12. The molecule has 1 aromatic heterocycles. The molecular weight excluding hydrogens is 300 g/mol. The third kappa shape index (κ3) is 2.46. The number of hydrogen-bond acceptors (Lipinski definition) is 1. The Hall–Kier alpha value is -0.800. The molecule has 0 amide bonds. The molecule has 2 nitrogen and oxygen atoms in total. The van der Waals surface area contributed by atoms with Crippen LogP contribution in [0, 0.1) is 5.92 Å². The first kappa shape index (κ1) is 13.2. The Morgan fingerprint density at radius 1 is 1.37 bits per heavy atom. The predicted octanol–water partition coefficient (Wildman–Crippen LogP) is 3.87. The minimum atomic E-state index is 0.697. The van der Waals surface area contributed by atoms with Crippen molar-refractivity contribution >= 4 is 26.8 Å². The number of rotatable bonds is 3. The molecule has 1 aliphatic rings. The number of nitrogens with one attached hydrogen (secondary N) is 1. The van der Waals surface area contributed by atoms with E-state index in [1.165, 1.54) is 46.6 Å². The van der Waals surface area contributed by atoms with Crippen LogP contribution in [0.5, 0.6) is 0 Å². The van der Waals surface area contributed by atoms with Crippen LogP contribution in [0.15, 0.2) is 28.9 Å². The Balaban J connectivity index is 1.94. The Morgan fingerprint density at radius 2 is 2.21 bits per heavy atom. The molecule has 2 unspecified atom stereocenters. The zero-order valence-electron chi connectivity index (χ0n) is 11.6. The molecule has 0 radical (unpaired) electrons. The van der Waals surface area contributed by atoms with Gasteiger partial charge >= 0.3 is 0 Å². The van der Waals surface area contributed by atoms with E-state index >= 15 is 0 Å². The summed E-state index contributed by atoms with van der Waals surface area (Å²) in [4.78, 5) is 0. The Morgan fingerprint density at radius 3 is 3.00 bits per heavy atom. The van der Waals surface area contributed by atoms with Crippen molar-refractivity contribution in [1.29, 1.82) is 0 Å². The smallest absolute Gasteiger partial charge is 0.0481 e. The molecule has 1 aliphatic carbocycles. The van der Waals surface area contributed by atoms with Crippen LogP contribution in [0.2, 0.25) is 0 Å². The zero-order chi connectivity index (χ0) is 13.4. The van der Waals surface area contributed by atoms with E-state index < -0.39 is 0 Å². The number of aryl methyl sites for hydroxylation is 1. The number of fused-ring (bicyclic) bond motifs is 1. The lowest BCUT2D eigenvalue weighted by Gasteiger charge is -2.18. The van der Waals surface area contributed by atoms with Gasteiger partial charge in [0.05, 0.1) is 0 Å². The molecular formula is C16H21BrN2. The zero-order valence-corrected chi connectivity index (χ0v) is 13.2. The van der Waals surface area contributed by atoms with Crippen LogP contribution in [0.4, 0.5) is 0 Å². The number of benzene rings is 1. The van der Waals surface area contributed by atoms with Crippen molar-refractivity contribution in [1.82, 2.24) is 9.88 Å². The van der Waals surface area contributed by atoms with E-state index in [0.717, 1.165) is 5.92 Å². The molecule has 102 valence electrons. The maximum atomic E-state index is 3.59.